The Balaban J connectivity index is 1.05. The summed E-state index contributed by atoms with van der Waals surface area (Å²) in [5.74, 6) is 0. The summed E-state index contributed by atoms with van der Waals surface area (Å²) >= 11 is 1.87. The van der Waals surface area contributed by atoms with Crippen LogP contribution in [0.3, 0.4) is 0 Å². The molecule has 1 spiro atoms. The van der Waals surface area contributed by atoms with Crippen molar-refractivity contribution >= 4 is 76.4 Å². The first-order chi connectivity index (χ1) is 26.7. The molecule has 2 aliphatic rings. The van der Waals surface area contributed by atoms with E-state index in [1.54, 1.807) is 0 Å². The highest BCUT2D eigenvalue weighted by Gasteiger charge is 2.45. The Morgan fingerprint density at radius 2 is 0.870 bits per heavy atom. The van der Waals surface area contributed by atoms with Gasteiger partial charge in [0.05, 0.1) is 0 Å². The second-order valence-electron chi connectivity index (χ2n) is 14.9. The van der Waals surface area contributed by atoms with Crippen molar-refractivity contribution in [1.29, 1.82) is 0 Å². The van der Waals surface area contributed by atoms with E-state index in [1.807, 2.05) is 11.3 Å². The van der Waals surface area contributed by atoms with E-state index in [9.17, 15) is 0 Å². The number of hydrogen-bond donors (Lipinski definition) is 0. The number of fused-ring (bicyclic) bond motifs is 8. The van der Waals surface area contributed by atoms with Gasteiger partial charge in [0.25, 0.3) is 0 Å². The molecule has 11 rings (SSSR count). The van der Waals surface area contributed by atoms with Crippen molar-refractivity contribution in [1.82, 2.24) is 0 Å². The molecule has 9 aromatic rings. The SMILES string of the molecule is c1ccc(N(c2ccc3c(c2)[C@@]2(CC3)CCc3ccc(N(c4ccccc4)c4ccc5sc6ccccc6c5c4)cc32)c2ccc3ccccc3c2)cc1. The molecule has 0 radical (unpaired) electrons. The van der Waals surface area contributed by atoms with Crippen LogP contribution in [0.4, 0.5) is 34.1 Å². The van der Waals surface area contributed by atoms with Gasteiger partial charge in [0.1, 0.15) is 0 Å². The molecule has 0 unspecified atom stereocenters. The number of rotatable bonds is 6. The zero-order valence-corrected chi connectivity index (χ0v) is 30.8. The summed E-state index contributed by atoms with van der Waals surface area (Å²) in [6, 6.07) is 67.6. The molecule has 0 fully saturated rings. The standard InChI is InChI=1S/C51H38N2S/c1-3-13-39(14-4-1)52(41-22-19-35-11-7-8-12-38(35)31-41)43-23-20-36-27-29-51(47(36)33-43)30-28-37-21-24-44(34-48(37)51)53(40-15-5-2-6-16-40)42-25-26-50-46(32-42)45-17-9-10-18-49(45)54-50/h1-26,31-34H,27-30H2/t51-/m1/s1. The Bertz CT molecular complexity index is 2850. The lowest BCUT2D eigenvalue weighted by Gasteiger charge is -2.31. The average molecular weight is 711 g/mol. The first-order valence-electron chi connectivity index (χ1n) is 19.1. The highest BCUT2D eigenvalue weighted by Crippen LogP contribution is 2.55. The van der Waals surface area contributed by atoms with Crippen molar-refractivity contribution < 1.29 is 0 Å². The molecule has 0 N–H and O–H groups in total. The van der Waals surface area contributed by atoms with Gasteiger partial charge in [0, 0.05) is 59.7 Å². The van der Waals surface area contributed by atoms with Crippen LogP contribution in [0.15, 0.2) is 182 Å². The van der Waals surface area contributed by atoms with Crippen LogP contribution < -0.4 is 9.80 Å². The highest BCUT2D eigenvalue weighted by atomic mass is 32.1. The minimum atomic E-state index is -0.0156. The van der Waals surface area contributed by atoms with Crippen LogP contribution in [0.2, 0.25) is 0 Å². The summed E-state index contributed by atoms with van der Waals surface area (Å²) in [6.45, 7) is 0. The topological polar surface area (TPSA) is 6.48 Å². The lowest BCUT2D eigenvalue weighted by atomic mass is 9.76. The lowest BCUT2D eigenvalue weighted by Crippen LogP contribution is -2.22. The van der Waals surface area contributed by atoms with E-state index in [2.05, 4.69) is 192 Å². The number of anilines is 6. The molecule has 1 heterocycles. The van der Waals surface area contributed by atoms with Crippen LogP contribution in [-0.4, -0.2) is 0 Å². The van der Waals surface area contributed by atoms with Crippen LogP contribution in [0, 0.1) is 0 Å². The normalized spacial score (nSPS) is 15.9. The molecule has 0 amide bonds. The van der Waals surface area contributed by atoms with Crippen LogP contribution >= 0.6 is 11.3 Å². The van der Waals surface area contributed by atoms with Gasteiger partial charge in [-0.3, -0.25) is 0 Å². The highest BCUT2D eigenvalue weighted by molar-refractivity contribution is 7.25. The molecule has 0 aliphatic heterocycles. The van der Waals surface area contributed by atoms with Crippen LogP contribution in [0.5, 0.6) is 0 Å². The van der Waals surface area contributed by atoms with Crippen molar-refractivity contribution in [3.63, 3.8) is 0 Å². The Labute approximate surface area is 320 Å². The average Bonchev–Trinajstić information content (AvgIpc) is 3.92. The fourth-order valence-corrected chi connectivity index (χ4v) is 10.5. The van der Waals surface area contributed by atoms with Gasteiger partial charge >= 0.3 is 0 Å². The molecular weight excluding hydrogens is 673 g/mol. The number of aryl methyl sites for hydroxylation is 2. The third-order valence-electron chi connectivity index (χ3n) is 12.0. The van der Waals surface area contributed by atoms with Gasteiger partial charge in [-0.25, -0.2) is 0 Å². The maximum Gasteiger partial charge on any atom is 0.0468 e. The maximum absolute atomic E-state index is 2.53. The fourth-order valence-electron chi connectivity index (χ4n) is 9.46. The molecule has 2 aliphatic carbocycles. The number of benzene rings is 8. The maximum atomic E-state index is 2.53. The van der Waals surface area contributed by atoms with E-state index < -0.39 is 0 Å². The second kappa shape index (κ2) is 12.5. The van der Waals surface area contributed by atoms with Crippen molar-refractivity contribution in [2.75, 3.05) is 9.80 Å². The number of para-hydroxylation sites is 2. The largest absolute Gasteiger partial charge is 0.310 e. The number of thiophene rings is 1. The van der Waals surface area contributed by atoms with Crippen LogP contribution in [-0.2, 0) is 18.3 Å². The summed E-state index contributed by atoms with van der Waals surface area (Å²) in [7, 11) is 0. The molecule has 0 bridgehead atoms. The summed E-state index contributed by atoms with van der Waals surface area (Å²) < 4.78 is 2.66. The smallest absolute Gasteiger partial charge is 0.0468 e. The van der Waals surface area contributed by atoms with Gasteiger partial charge in [-0.05, 0) is 144 Å². The number of hydrogen-bond acceptors (Lipinski definition) is 3. The molecule has 0 saturated carbocycles. The first kappa shape index (κ1) is 31.4. The molecule has 54 heavy (non-hydrogen) atoms. The van der Waals surface area contributed by atoms with Crippen LogP contribution in [0.1, 0.15) is 35.1 Å². The van der Waals surface area contributed by atoms with Crippen molar-refractivity contribution in [3.8, 4) is 0 Å². The van der Waals surface area contributed by atoms with E-state index in [0.717, 1.165) is 25.7 Å². The van der Waals surface area contributed by atoms with E-state index in [4.69, 9.17) is 0 Å². The van der Waals surface area contributed by atoms with Crippen LogP contribution in [0.25, 0.3) is 30.9 Å². The van der Waals surface area contributed by atoms with E-state index in [-0.39, 0.29) is 5.41 Å². The fraction of sp³-hybridized carbons (Fsp3) is 0.0980. The molecule has 258 valence electrons. The summed E-state index contributed by atoms with van der Waals surface area (Å²) in [6.07, 6.45) is 4.49. The lowest BCUT2D eigenvalue weighted by molar-refractivity contribution is 0.507. The zero-order valence-electron chi connectivity index (χ0n) is 30.0. The minimum Gasteiger partial charge on any atom is -0.310 e. The van der Waals surface area contributed by atoms with E-state index in [1.165, 1.54) is 87.3 Å². The Morgan fingerprint density at radius 1 is 0.370 bits per heavy atom. The first-order valence-corrected chi connectivity index (χ1v) is 19.9. The Kier molecular flexibility index (Phi) is 7.25. The van der Waals surface area contributed by atoms with Crippen molar-refractivity contribution in [2.24, 2.45) is 0 Å². The molecule has 0 saturated heterocycles. The minimum absolute atomic E-state index is 0.0156. The quantitative estimate of drug-likeness (QED) is 0.169. The third kappa shape index (κ3) is 4.99. The summed E-state index contributed by atoms with van der Waals surface area (Å²) in [5.41, 5.74) is 13.1. The second-order valence-corrected chi connectivity index (χ2v) is 16.0. The van der Waals surface area contributed by atoms with Gasteiger partial charge in [0.15, 0.2) is 0 Å². The molecule has 2 nitrogen and oxygen atoms in total. The predicted octanol–water partition coefficient (Wildman–Crippen LogP) is 14.3. The number of nitrogens with zero attached hydrogens (tertiary/aromatic N) is 2. The molecule has 1 aromatic heterocycles. The van der Waals surface area contributed by atoms with Crippen molar-refractivity contribution in [2.45, 2.75) is 31.1 Å². The predicted molar refractivity (Wildman–Crippen MR) is 230 cm³/mol. The van der Waals surface area contributed by atoms with Gasteiger partial charge in [-0.15, -0.1) is 11.3 Å². The van der Waals surface area contributed by atoms with Gasteiger partial charge in [-0.2, -0.15) is 0 Å². The zero-order chi connectivity index (χ0) is 35.6. The van der Waals surface area contributed by atoms with Crippen molar-refractivity contribution in [3.05, 3.63) is 204 Å². The van der Waals surface area contributed by atoms with E-state index >= 15 is 0 Å². The molecule has 8 aromatic carbocycles. The summed E-state index contributed by atoms with van der Waals surface area (Å²) in [5, 5.41) is 5.15. The molecule has 1 atom stereocenters. The monoisotopic (exact) mass is 710 g/mol. The van der Waals surface area contributed by atoms with Gasteiger partial charge in [-0.1, -0.05) is 97.1 Å². The molecule has 3 heteroatoms. The van der Waals surface area contributed by atoms with Gasteiger partial charge < -0.3 is 9.80 Å². The van der Waals surface area contributed by atoms with Gasteiger partial charge in [0.2, 0.25) is 0 Å². The van der Waals surface area contributed by atoms with E-state index in [0.29, 0.717) is 0 Å². The Morgan fingerprint density at radius 3 is 1.54 bits per heavy atom. The third-order valence-corrected chi connectivity index (χ3v) is 13.2. The molecular formula is C51H38N2S. The summed E-state index contributed by atoms with van der Waals surface area (Å²) in [4.78, 5) is 4.90. The Hall–Kier alpha value is -6.16.